The van der Waals surface area contributed by atoms with Gasteiger partial charge in [0.15, 0.2) is 0 Å². The van der Waals surface area contributed by atoms with Crippen molar-refractivity contribution >= 4 is 37.5 Å². The molecule has 1 aromatic heterocycles. The quantitative estimate of drug-likeness (QED) is 0.806. The molecule has 4 nitrogen and oxygen atoms in total. The molecule has 0 atom stereocenters. The van der Waals surface area contributed by atoms with Crippen LogP contribution in [0, 0.1) is 0 Å². The predicted molar refractivity (Wildman–Crippen MR) is 76.9 cm³/mol. The van der Waals surface area contributed by atoms with Crippen LogP contribution in [0.3, 0.4) is 0 Å². The molecule has 96 valence electrons. The Balaban J connectivity index is 2.02. The van der Waals surface area contributed by atoms with Crippen molar-refractivity contribution in [3.63, 3.8) is 0 Å². The maximum Gasteiger partial charge on any atom is 0.262 e. The van der Waals surface area contributed by atoms with Crippen LogP contribution >= 0.6 is 11.5 Å². The summed E-state index contributed by atoms with van der Waals surface area (Å²) < 4.78 is 31.2. The molecule has 0 saturated carbocycles. The van der Waals surface area contributed by atoms with Crippen LogP contribution in [-0.2, 0) is 10.0 Å². The first-order chi connectivity index (χ1) is 9.17. The molecular weight excluding hydrogens is 280 g/mol. The lowest BCUT2D eigenvalue weighted by Gasteiger charge is -2.05. The van der Waals surface area contributed by atoms with Gasteiger partial charge in [-0.1, -0.05) is 30.3 Å². The van der Waals surface area contributed by atoms with E-state index in [2.05, 4.69) is 9.10 Å². The van der Waals surface area contributed by atoms with Crippen LogP contribution < -0.4 is 4.72 Å². The fourth-order valence-electron chi connectivity index (χ4n) is 1.74. The van der Waals surface area contributed by atoms with E-state index in [1.807, 2.05) is 24.3 Å². The van der Waals surface area contributed by atoms with Gasteiger partial charge in [-0.05, 0) is 35.8 Å². The molecule has 0 amide bonds. The fourth-order valence-corrected chi connectivity index (χ4v) is 3.83. The number of hydrogen-bond acceptors (Lipinski definition) is 4. The molecule has 0 radical (unpaired) electrons. The number of hydrogen-bond donors (Lipinski definition) is 1. The average Bonchev–Trinajstić information content (AvgIpc) is 2.83. The molecule has 0 saturated heterocycles. The van der Waals surface area contributed by atoms with Gasteiger partial charge in [-0.15, -0.1) is 0 Å². The second kappa shape index (κ2) is 4.64. The van der Waals surface area contributed by atoms with Gasteiger partial charge in [0.25, 0.3) is 10.0 Å². The van der Waals surface area contributed by atoms with Gasteiger partial charge < -0.3 is 0 Å². The molecule has 1 heterocycles. The summed E-state index contributed by atoms with van der Waals surface area (Å²) >= 11 is 1.14. The van der Waals surface area contributed by atoms with E-state index in [-0.39, 0.29) is 4.90 Å². The molecule has 1 N–H and O–H groups in total. The van der Waals surface area contributed by atoms with Crippen molar-refractivity contribution < 1.29 is 8.42 Å². The first-order valence-electron chi connectivity index (χ1n) is 5.59. The average molecular weight is 290 g/mol. The van der Waals surface area contributed by atoms with Crippen LogP contribution in [0.25, 0.3) is 10.9 Å². The highest BCUT2D eigenvalue weighted by atomic mass is 32.2. The van der Waals surface area contributed by atoms with E-state index in [4.69, 9.17) is 0 Å². The third kappa shape index (κ3) is 2.32. The Hall–Kier alpha value is -1.92. The van der Waals surface area contributed by atoms with Crippen LogP contribution in [0.5, 0.6) is 0 Å². The zero-order valence-electron chi connectivity index (χ0n) is 9.78. The Morgan fingerprint density at radius 2 is 1.63 bits per heavy atom. The standard InChI is InChI=1S/C13H10N2O2S2/c16-19(17,10-6-2-1-3-7-10)15-13-11-8-4-5-9-12(11)14-18-13/h1-9,15H. The van der Waals surface area contributed by atoms with E-state index in [0.29, 0.717) is 5.00 Å². The number of fused-ring (bicyclic) bond motifs is 1. The number of rotatable bonds is 3. The van der Waals surface area contributed by atoms with Crippen LogP contribution in [0.15, 0.2) is 59.5 Å². The highest BCUT2D eigenvalue weighted by molar-refractivity contribution is 7.93. The van der Waals surface area contributed by atoms with E-state index in [1.54, 1.807) is 30.3 Å². The Morgan fingerprint density at radius 3 is 2.42 bits per heavy atom. The minimum Gasteiger partial charge on any atom is -0.269 e. The lowest BCUT2D eigenvalue weighted by Crippen LogP contribution is -2.11. The van der Waals surface area contributed by atoms with Crippen molar-refractivity contribution in [2.24, 2.45) is 0 Å². The van der Waals surface area contributed by atoms with Gasteiger partial charge in [0.1, 0.15) is 5.00 Å². The maximum absolute atomic E-state index is 12.2. The minimum absolute atomic E-state index is 0.243. The Morgan fingerprint density at radius 1 is 0.947 bits per heavy atom. The second-order valence-corrected chi connectivity index (χ2v) is 6.40. The Kier molecular flexibility index (Phi) is 2.96. The SMILES string of the molecule is O=S(=O)(Nc1snc2ccccc12)c1ccccc1. The second-order valence-electron chi connectivity index (χ2n) is 3.95. The molecular formula is C13H10N2O2S2. The summed E-state index contributed by atoms with van der Waals surface area (Å²) in [5.74, 6) is 0. The molecule has 6 heteroatoms. The molecule has 0 aliphatic rings. The minimum atomic E-state index is -3.55. The van der Waals surface area contributed by atoms with Crippen molar-refractivity contribution in [3.8, 4) is 0 Å². The molecule has 3 rings (SSSR count). The summed E-state index contributed by atoms with van der Waals surface area (Å²) in [6.07, 6.45) is 0. The Bertz CT molecular complexity index is 811. The fraction of sp³-hybridized carbons (Fsp3) is 0. The van der Waals surface area contributed by atoms with E-state index in [9.17, 15) is 8.42 Å². The van der Waals surface area contributed by atoms with Gasteiger partial charge in [-0.2, -0.15) is 4.37 Å². The zero-order valence-corrected chi connectivity index (χ0v) is 11.4. The highest BCUT2D eigenvalue weighted by Gasteiger charge is 2.16. The lowest BCUT2D eigenvalue weighted by molar-refractivity contribution is 0.601. The monoisotopic (exact) mass is 290 g/mol. The molecule has 0 aliphatic heterocycles. The molecule has 0 fully saturated rings. The number of nitrogens with zero attached hydrogens (tertiary/aromatic N) is 1. The third-order valence-electron chi connectivity index (χ3n) is 2.66. The van der Waals surface area contributed by atoms with E-state index in [0.717, 1.165) is 22.4 Å². The van der Waals surface area contributed by atoms with Gasteiger partial charge in [0.2, 0.25) is 0 Å². The predicted octanol–water partition coefficient (Wildman–Crippen LogP) is 3.10. The molecule has 0 aliphatic carbocycles. The van der Waals surface area contributed by atoms with Crippen molar-refractivity contribution in [2.75, 3.05) is 4.72 Å². The molecule has 2 aromatic carbocycles. The summed E-state index contributed by atoms with van der Waals surface area (Å²) in [6.45, 7) is 0. The van der Waals surface area contributed by atoms with E-state index < -0.39 is 10.0 Å². The normalized spacial score (nSPS) is 11.6. The van der Waals surface area contributed by atoms with Gasteiger partial charge in [0, 0.05) is 5.39 Å². The molecule has 3 aromatic rings. The van der Waals surface area contributed by atoms with Gasteiger partial charge in [-0.3, -0.25) is 4.72 Å². The lowest BCUT2D eigenvalue weighted by atomic mass is 10.2. The first kappa shape index (κ1) is 12.1. The van der Waals surface area contributed by atoms with E-state index in [1.165, 1.54) is 0 Å². The van der Waals surface area contributed by atoms with Crippen molar-refractivity contribution in [2.45, 2.75) is 4.90 Å². The van der Waals surface area contributed by atoms with Crippen LogP contribution in [0.1, 0.15) is 0 Å². The third-order valence-corrected chi connectivity index (χ3v) is 4.95. The topological polar surface area (TPSA) is 59.1 Å². The molecule has 19 heavy (non-hydrogen) atoms. The van der Waals surface area contributed by atoms with Gasteiger partial charge >= 0.3 is 0 Å². The van der Waals surface area contributed by atoms with Crippen LogP contribution in [0.4, 0.5) is 5.00 Å². The molecule has 0 unspecified atom stereocenters. The van der Waals surface area contributed by atoms with Gasteiger partial charge in [0.05, 0.1) is 10.4 Å². The summed E-state index contributed by atoms with van der Waals surface area (Å²) in [5, 5.41) is 1.35. The van der Waals surface area contributed by atoms with Gasteiger partial charge in [-0.25, -0.2) is 8.42 Å². The summed E-state index contributed by atoms with van der Waals surface area (Å²) in [5.41, 5.74) is 0.790. The van der Waals surface area contributed by atoms with Crippen molar-refractivity contribution in [1.82, 2.24) is 4.37 Å². The summed E-state index contributed by atoms with van der Waals surface area (Å²) in [4.78, 5) is 0.243. The molecule has 0 spiro atoms. The van der Waals surface area contributed by atoms with Crippen molar-refractivity contribution in [1.29, 1.82) is 0 Å². The largest absolute Gasteiger partial charge is 0.269 e. The maximum atomic E-state index is 12.2. The van der Waals surface area contributed by atoms with Crippen LogP contribution in [0.2, 0.25) is 0 Å². The van der Waals surface area contributed by atoms with Crippen LogP contribution in [-0.4, -0.2) is 12.8 Å². The number of aromatic nitrogens is 1. The van der Waals surface area contributed by atoms with Crippen molar-refractivity contribution in [3.05, 3.63) is 54.6 Å². The summed E-state index contributed by atoms with van der Waals surface area (Å²) in [7, 11) is -3.55. The first-order valence-corrected chi connectivity index (χ1v) is 7.85. The Labute approximate surface area is 114 Å². The highest BCUT2D eigenvalue weighted by Crippen LogP contribution is 2.29. The molecule has 0 bridgehead atoms. The zero-order chi connectivity index (χ0) is 13.3. The number of benzene rings is 2. The number of anilines is 1. The number of sulfonamides is 1. The number of nitrogens with one attached hydrogen (secondary N) is 1. The summed E-state index contributed by atoms with van der Waals surface area (Å²) in [6, 6.07) is 15.7. The smallest absolute Gasteiger partial charge is 0.262 e. The van der Waals surface area contributed by atoms with E-state index >= 15 is 0 Å².